The van der Waals surface area contributed by atoms with Crippen LogP contribution in [0.2, 0.25) is 0 Å². The average molecular weight is 373 g/mol. The van der Waals surface area contributed by atoms with E-state index >= 15 is 0 Å². The molecule has 1 atom stereocenters. The van der Waals surface area contributed by atoms with Crippen LogP contribution in [-0.4, -0.2) is 20.6 Å². The minimum absolute atomic E-state index is 0.647. The van der Waals surface area contributed by atoms with Crippen LogP contribution in [0.15, 0.2) is 18.7 Å². The van der Waals surface area contributed by atoms with Crippen molar-refractivity contribution in [2.45, 2.75) is 88.8 Å². The van der Waals surface area contributed by atoms with E-state index in [1.807, 2.05) is 6.20 Å². The molecule has 1 unspecified atom stereocenters. The largest absolute Gasteiger partial charge is 0.336 e. The predicted octanol–water partition coefficient (Wildman–Crippen LogP) is 6.17. The van der Waals surface area contributed by atoms with Crippen LogP contribution in [0.4, 0.5) is 0 Å². The smallest absolute Gasteiger partial charge is 0.0946 e. The van der Waals surface area contributed by atoms with Gasteiger partial charge in [0.2, 0.25) is 0 Å². The maximum atomic E-state index is 4.34. The Hall–Kier alpha value is -0.440. The second-order valence-electron chi connectivity index (χ2n) is 10.2. The maximum absolute atomic E-state index is 4.34. The van der Waals surface area contributed by atoms with Crippen molar-refractivity contribution >= 4 is 11.8 Å². The first-order valence-corrected chi connectivity index (χ1v) is 12.4. The van der Waals surface area contributed by atoms with Crippen molar-refractivity contribution in [1.82, 2.24) is 9.55 Å². The van der Waals surface area contributed by atoms with Gasteiger partial charge >= 0.3 is 0 Å². The van der Waals surface area contributed by atoms with Gasteiger partial charge in [0.1, 0.15) is 0 Å². The Kier molecular flexibility index (Phi) is 5.11. The molecule has 1 heterocycles. The second-order valence-corrected chi connectivity index (χ2v) is 11.5. The van der Waals surface area contributed by atoms with E-state index in [2.05, 4.69) is 33.8 Å². The molecule has 0 spiro atoms. The van der Waals surface area contributed by atoms with Crippen LogP contribution >= 0.6 is 11.8 Å². The summed E-state index contributed by atoms with van der Waals surface area (Å²) in [5, 5.41) is 0.813. The lowest BCUT2D eigenvalue weighted by atomic mass is 9.48. The minimum atomic E-state index is 0.647. The molecule has 0 radical (unpaired) electrons. The lowest BCUT2D eigenvalue weighted by molar-refractivity contribution is -0.0553. The number of imidazole rings is 1. The van der Waals surface area contributed by atoms with E-state index in [4.69, 9.17) is 0 Å². The first kappa shape index (κ1) is 17.6. The van der Waals surface area contributed by atoms with Gasteiger partial charge in [-0.15, -0.1) is 0 Å². The molecule has 5 saturated carbocycles. The molecule has 0 saturated heterocycles. The van der Waals surface area contributed by atoms with Crippen LogP contribution in [0, 0.1) is 29.1 Å². The monoisotopic (exact) mass is 372 g/mol. The van der Waals surface area contributed by atoms with Crippen LogP contribution in [0.5, 0.6) is 0 Å². The summed E-state index contributed by atoms with van der Waals surface area (Å²) in [7, 11) is 0. The normalized spacial score (nSPS) is 38.4. The first-order valence-electron chi connectivity index (χ1n) is 11.4. The molecule has 144 valence electrons. The van der Waals surface area contributed by atoms with Gasteiger partial charge in [-0.2, -0.15) is 11.8 Å². The van der Waals surface area contributed by atoms with Crippen molar-refractivity contribution in [3.05, 3.63) is 18.7 Å². The molecule has 0 N–H and O–H groups in total. The third-order valence-corrected chi connectivity index (χ3v) is 9.93. The summed E-state index contributed by atoms with van der Waals surface area (Å²) in [6, 6.07) is 0. The molecule has 1 aromatic heterocycles. The molecular weight excluding hydrogens is 336 g/mol. The molecular formula is C23H36N2S. The van der Waals surface area contributed by atoms with Crippen LogP contribution in [0.1, 0.15) is 77.0 Å². The van der Waals surface area contributed by atoms with Gasteiger partial charge < -0.3 is 4.57 Å². The van der Waals surface area contributed by atoms with Gasteiger partial charge in [0.25, 0.3) is 0 Å². The summed E-state index contributed by atoms with van der Waals surface area (Å²) in [6.45, 7) is 1.20. The Balaban J connectivity index is 1.32. The van der Waals surface area contributed by atoms with Gasteiger partial charge in [-0.1, -0.05) is 25.7 Å². The first-order chi connectivity index (χ1) is 12.8. The SMILES string of the molecule is c1cn(CC(SCC2CCCCCC2)C23CC4CC(CC(C4)C2)C3)cn1. The minimum Gasteiger partial charge on any atom is -0.336 e. The molecule has 0 aromatic carbocycles. The van der Waals surface area contributed by atoms with E-state index in [0.29, 0.717) is 5.41 Å². The van der Waals surface area contributed by atoms with Gasteiger partial charge in [0, 0.05) is 24.2 Å². The maximum Gasteiger partial charge on any atom is 0.0946 e. The third kappa shape index (κ3) is 3.62. The fourth-order valence-corrected chi connectivity index (χ4v) is 9.12. The summed E-state index contributed by atoms with van der Waals surface area (Å²) in [5.74, 6) is 5.59. The van der Waals surface area contributed by atoms with Gasteiger partial charge in [-0.05, 0) is 86.2 Å². The molecule has 5 aliphatic carbocycles. The van der Waals surface area contributed by atoms with Crippen LogP contribution < -0.4 is 0 Å². The number of hydrogen-bond acceptors (Lipinski definition) is 2. The highest BCUT2D eigenvalue weighted by Gasteiger charge is 2.54. The van der Waals surface area contributed by atoms with Crippen molar-refractivity contribution in [2.24, 2.45) is 29.1 Å². The number of aromatic nitrogens is 2. The van der Waals surface area contributed by atoms with Crippen molar-refractivity contribution in [2.75, 3.05) is 5.75 Å². The van der Waals surface area contributed by atoms with E-state index in [9.17, 15) is 0 Å². The summed E-state index contributed by atoms with van der Waals surface area (Å²) in [5.41, 5.74) is 0.647. The zero-order valence-corrected chi connectivity index (χ0v) is 17.1. The highest BCUT2D eigenvalue weighted by molar-refractivity contribution is 7.99. The van der Waals surface area contributed by atoms with Gasteiger partial charge in [-0.3, -0.25) is 0 Å². The molecule has 0 amide bonds. The van der Waals surface area contributed by atoms with E-state index in [1.54, 1.807) is 19.3 Å². The quantitative estimate of drug-likeness (QED) is 0.556. The van der Waals surface area contributed by atoms with Gasteiger partial charge in [0.05, 0.1) is 6.33 Å². The fraction of sp³-hybridized carbons (Fsp3) is 0.870. The summed E-state index contributed by atoms with van der Waals surface area (Å²) < 4.78 is 2.38. The molecule has 2 nitrogen and oxygen atoms in total. The standard InChI is InChI=1S/C23H36N2S/c1-2-4-6-18(5-3-1)16-26-22(15-25-8-7-24-17-25)23-12-19-9-20(13-23)11-21(10-19)14-23/h7-8,17-22H,1-6,9-16H2. The molecule has 6 rings (SSSR count). The number of rotatable bonds is 6. The molecule has 3 heteroatoms. The summed E-state index contributed by atoms with van der Waals surface area (Å²) in [6.07, 6.45) is 24.4. The lowest BCUT2D eigenvalue weighted by Crippen LogP contribution is -2.51. The van der Waals surface area contributed by atoms with E-state index < -0.39 is 0 Å². The molecule has 1 aromatic rings. The molecule has 5 fully saturated rings. The summed E-state index contributed by atoms with van der Waals surface area (Å²) in [4.78, 5) is 4.34. The van der Waals surface area contributed by atoms with Gasteiger partial charge in [0.15, 0.2) is 0 Å². The predicted molar refractivity (Wildman–Crippen MR) is 110 cm³/mol. The molecule has 26 heavy (non-hydrogen) atoms. The molecule has 4 bridgehead atoms. The summed E-state index contributed by atoms with van der Waals surface area (Å²) >= 11 is 2.38. The Morgan fingerprint density at radius 2 is 1.62 bits per heavy atom. The molecule has 5 aliphatic rings. The zero-order chi connectivity index (χ0) is 17.4. The van der Waals surface area contributed by atoms with Crippen molar-refractivity contribution in [1.29, 1.82) is 0 Å². The Bertz CT molecular complexity index is 538. The highest BCUT2D eigenvalue weighted by atomic mass is 32.2. The van der Waals surface area contributed by atoms with Crippen molar-refractivity contribution in [3.8, 4) is 0 Å². The van der Waals surface area contributed by atoms with E-state index in [-0.39, 0.29) is 0 Å². The third-order valence-electron chi connectivity index (χ3n) is 8.21. The highest BCUT2D eigenvalue weighted by Crippen LogP contribution is 2.63. The van der Waals surface area contributed by atoms with E-state index in [0.717, 1.165) is 28.9 Å². The van der Waals surface area contributed by atoms with Crippen molar-refractivity contribution < 1.29 is 0 Å². The average Bonchev–Trinajstić information content (AvgIpc) is 2.99. The van der Waals surface area contributed by atoms with Crippen LogP contribution in [0.3, 0.4) is 0 Å². The van der Waals surface area contributed by atoms with Crippen LogP contribution in [0.25, 0.3) is 0 Å². The topological polar surface area (TPSA) is 17.8 Å². The Morgan fingerprint density at radius 3 is 2.19 bits per heavy atom. The zero-order valence-electron chi connectivity index (χ0n) is 16.3. The Morgan fingerprint density at radius 1 is 0.962 bits per heavy atom. The fourth-order valence-electron chi connectivity index (χ4n) is 7.36. The van der Waals surface area contributed by atoms with Gasteiger partial charge in [-0.25, -0.2) is 4.98 Å². The number of hydrogen-bond donors (Lipinski definition) is 0. The Labute approximate surface area is 163 Å². The lowest BCUT2D eigenvalue weighted by Gasteiger charge is -2.59. The number of nitrogens with zero attached hydrogens (tertiary/aromatic N) is 2. The van der Waals surface area contributed by atoms with Crippen LogP contribution in [-0.2, 0) is 6.54 Å². The molecule has 0 aliphatic heterocycles. The van der Waals surface area contributed by atoms with Crippen molar-refractivity contribution in [3.63, 3.8) is 0 Å². The van der Waals surface area contributed by atoms with E-state index in [1.165, 1.54) is 70.1 Å². The second kappa shape index (κ2) is 7.53. The number of thioether (sulfide) groups is 1.